The number of hydrogen-bond donors (Lipinski definition) is 0. The molecule has 3 rings (SSSR count). The summed E-state index contributed by atoms with van der Waals surface area (Å²) in [5.41, 5.74) is -1.26. The molecule has 5 nitrogen and oxygen atoms in total. The highest BCUT2D eigenvalue weighted by molar-refractivity contribution is 6.74. The van der Waals surface area contributed by atoms with Crippen LogP contribution in [0, 0.1) is 5.41 Å². The van der Waals surface area contributed by atoms with Crippen molar-refractivity contribution in [1.82, 2.24) is 4.90 Å². The number of carbonyl (C=O) groups excluding carboxylic acids is 2. The van der Waals surface area contributed by atoms with Gasteiger partial charge in [-0.2, -0.15) is 0 Å². The van der Waals surface area contributed by atoms with E-state index >= 15 is 0 Å². The molecule has 1 amide bonds. The molecular weight excluding hydrogens is 346 g/mol. The Morgan fingerprint density at radius 2 is 2.04 bits per heavy atom. The van der Waals surface area contributed by atoms with Crippen LogP contribution in [0.5, 0.6) is 0 Å². The van der Waals surface area contributed by atoms with Gasteiger partial charge in [0.05, 0.1) is 18.1 Å². The normalized spacial score (nSPS) is 34.5. The van der Waals surface area contributed by atoms with E-state index in [4.69, 9.17) is 9.16 Å². The van der Waals surface area contributed by atoms with Gasteiger partial charge in [0, 0.05) is 13.0 Å². The number of ketones is 1. The average Bonchev–Trinajstić information content (AvgIpc) is 2.84. The Morgan fingerprint density at radius 3 is 2.65 bits per heavy atom. The van der Waals surface area contributed by atoms with Crippen molar-refractivity contribution in [3.8, 4) is 0 Å². The van der Waals surface area contributed by atoms with Gasteiger partial charge < -0.3 is 14.1 Å². The number of hydrogen-bond acceptors (Lipinski definition) is 4. The smallest absolute Gasteiger partial charge is 0.410 e. The Bertz CT molecular complexity index is 626. The summed E-state index contributed by atoms with van der Waals surface area (Å²) in [7, 11) is -1.99. The molecule has 1 saturated carbocycles. The lowest BCUT2D eigenvalue weighted by atomic mass is 9.58. The van der Waals surface area contributed by atoms with Crippen molar-refractivity contribution >= 4 is 20.2 Å². The Labute approximate surface area is 158 Å². The van der Waals surface area contributed by atoms with Crippen molar-refractivity contribution in [3.05, 3.63) is 12.7 Å². The van der Waals surface area contributed by atoms with E-state index in [-0.39, 0.29) is 23.0 Å². The number of carbonyl (C=O) groups is 2. The molecule has 0 radical (unpaired) electrons. The Kier molecular flexibility index (Phi) is 4.67. The van der Waals surface area contributed by atoms with E-state index in [0.29, 0.717) is 32.4 Å². The molecule has 0 N–H and O–H groups in total. The van der Waals surface area contributed by atoms with Crippen molar-refractivity contribution in [2.75, 3.05) is 13.2 Å². The highest BCUT2D eigenvalue weighted by Crippen LogP contribution is 2.55. The van der Waals surface area contributed by atoms with E-state index in [2.05, 4.69) is 40.4 Å². The predicted octanol–water partition coefficient (Wildman–Crippen LogP) is 4.29. The first-order chi connectivity index (χ1) is 12.0. The van der Waals surface area contributed by atoms with Gasteiger partial charge in [0.25, 0.3) is 0 Å². The molecule has 3 aliphatic rings. The molecule has 0 aromatic heterocycles. The summed E-state index contributed by atoms with van der Waals surface area (Å²) in [5.74, 6) is 0.258. The third kappa shape index (κ3) is 2.76. The number of ether oxygens (including phenoxy) is 1. The molecule has 2 aliphatic heterocycles. The molecule has 0 bridgehead atoms. The minimum atomic E-state index is -1.99. The number of rotatable bonds is 5. The van der Waals surface area contributed by atoms with Gasteiger partial charge in [-0.15, -0.1) is 6.58 Å². The minimum absolute atomic E-state index is 0.0845. The molecule has 2 heterocycles. The maximum Gasteiger partial charge on any atom is 0.410 e. The van der Waals surface area contributed by atoms with Crippen molar-refractivity contribution in [2.24, 2.45) is 5.41 Å². The molecule has 0 spiro atoms. The summed E-state index contributed by atoms with van der Waals surface area (Å²) in [6.45, 7) is 16.0. The van der Waals surface area contributed by atoms with E-state index in [1.54, 1.807) is 4.90 Å². The summed E-state index contributed by atoms with van der Waals surface area (Å²) < 4.78 is 12.5. The van der Waals surface area contributed by atoms with Gasteiger partial charge in [-0.05, 0) is 43.8 Å². The monoisotopic (exact) mass is 379 g/mol. The quantitative estimate of drug-likeness (QED) is 0.528. The molecule has 0 unspecified atom stereocenters. The van der Waals surface area contributed by atoms with Crippen LogP contribution in [0.25, 0.3) is 0 Å². The topological polar surface area (TPSA) is 55.8 Å². The first-order valence-electron chi connectivity index (χ1n) is 9.77. The lowest BCUT2D eigenvalue weighted by Gasteiger charge is -2.53. The van der Waals surface area contributed by atoms with Gasteiger partial charge in [-0.3, -0.25) is 4.79 Å². The maximum absolute atomic E-state index is 13.0. The van der Waals surface area contributed by atoms with E-state index in [1.807, 2.05) is 6.08 Å². The van der Waals surface area contributed by atoms with Crippen LogP contribution in [0.3, 0.4) is 0 Å². The standard InChI is InChI=1S/C20H33NO4Si/c1-7-10-19-11-8-13-21-16(19)20(25-17(21)23,12-9-15(19)22)14-24-26(5,6)18(2,3)4/h7,16H,1,8-14H2,2-6H3/t16-,19-,20-/m1/s1. The second kappa shape index (κ2) is 6.19. The molecule has 1 aliphatic carbocycles. The summed E-state index contributed by atoms with van der Waals surface area (Å²) in [6.07, 6.45) is 4.80. The average molecular weight is 380 g/mol. The number of amides is 1. The number of piperidine rings is 1. The number of Topliss-reactive ketones (excluding diaryl/α,β-unsaturated/α-hetero) is 1. The number of allylic oxidation sites excluding steroid dienone is 1. The Balaban J connectivity index is 1.96. The van der Waals surface area contributed by atoms with E-state index < -0.39 is 19.3 Å². The first kappa shape index (κ1) is 19.6. The minimum Gasteiger partial charge on any atom is -0.438 e. The molecule has 146 valence electrons. The fourth-order valence-electron chi connectivity index (χ4n) is 4.74. The van der Waals surface area contributed by atoms with Crippen molar-refractivity contribution in [2.45, 2.75) is 82.7 Å². The number of nitrogens with zero attached hydrogens (tertiary/aromatic N) is 1. The van der Waals surface area contributed by atoms with Crippen LogP contribution >= 0.6 is 0 Å². The van der Waals surface area contributed by atoms with Gasteiger partial charge in [0.2, 0.25) is 0 Å². The predicted molar refractivity (Wildman–Crippen MR) is 104 cm³/mol. The van der Waals surface area contributed by atoms with Crippen LogP contribution in [0.15, 0.2) is 12.7 Å². The van der Waals surface area contributed by atoms with Gasteiger partial charge in [0.1, 0.15) is 5.78 Å². The van der Waals surface area contributed by atoms with Crippen LogP contribution in [0.4, 0.5) is 4.79 Å². The lowest BCUT2D eigenvalue weighted by Crippen LogP contribution is -2.66. The molecule has 26 heavy (non-hydrogen) atoms. The second-order valence-corrected chi connectivity index (χ2v) is 14.6. The highest BCUT2D eigenvalue weighted by Gasteiger charge is 2.68. The van der Waals surface area contributed by atoms with Crippen LogP contribution in [0.1, 0.15) is 52.9 Å². The zero-order valence-electron chi connectivity index (χ0n) is 16.9. The van der Waals surface area contributed by atoms with Gasteiger partial charge in [0.15, 0.2) is 13.9 Å². The molecule has 0 aromatic rings. The molecule has 3 fully saturated rings. The van der Waals surface area contributed by atoms with E-state index in [1.165, 1.54) is 0 Å². The van der Waals surface area contributed by atoms with Crippen molar-refractivity contribution in [1.29, 1.82) is 0 Å². The summed E-state index contributed by atoms with van der Waals surface area (Å²) in [6, 6.07) is -0.222. The second-order valence-electron chi connectivity index (χ2n) is 9.75. The Morgan fingerprint density at radius 1 is 1.35 bits per heavy atom. The van der Waals surface area contributed by atoms with Crippen LogP contribution in [-0.4, -0.2) is 49.9 Å². The SMILES string of the molecule is C=CC[C@@]12CCCN3C(=O)O[C@@](CO[Si](C)(C)C(C)(C)C)(CCC1=O)[C@H]32. The maximum atomic E-state index is 13.0. The van der Waals surface area contributed by atoms with Crippen LogP contribution < -0.4 is 0 Å². The lowest BCUT2D eigenvalue weighted by molar-refractivity contribution is -0.151. The highest BCUT2D eigenvalue weighted by atomic mass is 28.4. The molecule has 2 saturated heterocycles. The molecule has 0 aromatic carbocycles. The summed E-state index contributed by atoms with van der Waals surface area (Å²) in [5, 5.41) is 0.0845. The third-order valence-electron chi connectivity index (χ3n) is 7.20. The zero-order valence-corrected chi connectivity index (χ0v) is 17.9. The molecule has 6 heteroatoms. The van der Waals surface area contributed by atoms with Crippen molar-refractivity contribution < 1.29 is 18.8 Å². The van der Waals surface area contributed by atoms with Crippen LogP contribution in [0.2, 0.25) is 18.1 Å². The van der Waals surface area contributed by atoms with E-state index in [9.17, 15) is 9.59 Å². The summed E-state index contributed by atoms with van der Waals surface area (Å²) >= 11 is 0. The third-order valence-corrected chi connectivity index (χ3v) is 11.7. The largest absolute Gasteiger partial charge is 0.438 e. The van der Waals surface area contributed by atoms with Gasteiger partial charge in [-0.1, -0.05) is 26.8 Å². The fourth-order valence-corrected chi connectivity index (χ4v) is 5.78. The van der Waals surface area contributed by atoms with Crippen LogP contribution in [-0.2, 0) is 14.0 Å². The van der Waals surface area contributed by atoms with Gasteiger partial charge >= 0.3 is 6.09 Å². The van der Waals surface area contributed by atoms with Gasteiger partial charge in [-0.25, -0.2) is 4.79 Å². The fraction of sp³-hybridized carbons (Fsp3) is 0.800. The molecule has 3 atom stereocenters. The van der Waals surface area contributed by atoms with E-state index in [0.717, 1.165) is 12.8 Å². The first-order valence-corrected chi connectivity index (χ1v) is 12.7. The Hall–Kier alpha value is -1.14. The zero-order chi connectivity index (χ0) is 19.4. The summed E-state index contributed by atoms with van der Waals surface area (Å²) in [4.78, 5) is 27.5. The molecular formula is C20H33NO4Si. The van der Waals surface area contributed by atoms with Crippen molar-refractivity contribution in [3.63, 3.8) is 0 Å².